The highest BCUT2D eigenvalue weighted by molar-refractivity contribution is 5.86. The Hall–Kier alpha value is -1.40. The Morgan fingerprint density at radius 1 is 1.50 bits per heavy atom. The van der Waals surface area contributed by atoms with Crippen molar-refractivity contribution in [3.63, 3.8) is 0 Å². The highest BCUT2D eigenvalue weighted by Crippen LogP contribution is 2.30. The fourth-order valence-corrected chi connectivity index (χ4v) is 1.73. The maximum Gasteiger partial charge on any atom is 0.331 e. The normalized spacial score (nSPS) is 31.4. The first kappa shape index (κ1) is 13.0. The van der Waals surface area contributed by atoms with E-state index in [9.17, 15) is 14.7 Å². The summed E-state index contributed by atoms with van der Waals surface area (Å²) in [6, 6.07) is 0. The van der Waals surface area contributed by atoms with Crippen molar-refractivity contribution in [1.29, 1.82) is 0 Å². The van der Waals surface area contributed by atoms with Crippen molar-refractivity contribution >= 4 is 11.9 Å². The van der Waals surface area contributed by atoms with Gasteiger partial charge >= 0.3 is 11.9 Å². The highest BCUT2D eigenvalue weighted by Gasteiger charge is 2.44. The molecule has 1 unspecified atom stereocenters. The molecule has 2 aliphatic heterocycles. The SMILES string of the molecule is CC(C)(C)C(=O)O[C@H]1COC(O)C2=CC(=O)O[C@@H]21. The molecule has 0 aromatic heterocycles. The number of hydrogen-bond acceptors (Lipinski definition) is 6. The molecule has 0 saturated carbocycles. The molecule has 0 amide bonds. The average molecular weight is 256 g/mol. The molecule has 0 aromatic carbocycles. The maximum absolute atomic E-state index is 11.8. The third kappa shape index (κ3) is 2.39. The van der Waals surface area contributed by atoms with Gasteiger partial charge in [-0.15, -0.1) is 0 Å². The van der Waals surface area contributed by atoms with Crippen LogP contribution in [0.5, 0.6) is 0 Å². The molecule has 3 atom stereocenters. The second-order valence-corrected chi connectivity index (χ2v) is 5.38. The molecule has 2 aliphatic rings. The molecule has 2 heterocycles. The minimum absolute atomic E-state index is 0.00171. The molecule has 1 fully saturated rings. The van der Waals surface area contributed by atoms with Crippen LogP contribution >= 0.6 is 0 Å². The van der Waals surface area contributed by atoms with E-state index in [1.807, 2.05) is 0 Å². The number of ether oxygens (including phenoxy) is 3. The molecular formula is C12H16O6. The molecule has 0 spiro atoms. The summed E-state index contributed by atoms with van der Waals surface area (Å²) in [5, 5.41) is 9.55. The lowest BCUT2D eigenvalue weighted by Gasteiger charge is -2.33. The molecule has 6 nitrogen and oxygen atoms in total. The topological polar surface area (TPSA) is 82.1 Å². The third-order valence-corrected chi connectivity index (χ3v) is 2.77. The zero-order chi connectivity index (χ0) is 13.5. The van der Waals surface area contributed by atoms with Crippen LogP contribution in [0.1, 0.15) is 20.8 Å². The minimum atomic E-state index is -1.17. The predicted molar refractivity (Wildman–Crippen MR) is 59.3 cm³/mol. The number of aliphatic hydroxyl groups excluding tert-OH is 1. The van der Waals surface area contributed by atoms with Crippen LogP contribution in [0.2, 0.25) is 0 Å². The fourth-order valence-electron chi connectivity index (χ4n) is 1.73. The first-order valence-corrected chi connectivity index (χ1v) is 5.72. The first-order chi connectivity index (χ1) is 8.29. The van der Waals surface area contributed by atoms with Gasteiger partial charge in [-0.25, -0.2) is 4.79 Å². The molecule has 0 aliphatic carbocycles. The monoisotopic (exact) mass is 256 g/mol. The van der Waals surface area contributed by atoms with Crippen molar-refractivity contribution in [2.75, 3.05) is 6.61 Å². The van der Waals surface area contributed by atoms with E-state index >= 15 is 0 Å². The van der Waals surface area contributed by atoms with Gasteiger partial charge in [0, 0.05) is 11.6 Å². The zero-order valence-electron chi connectivity index (χ0n) is 10.5. The summed E-state index contributed by atoms with van der Waals surface area (Å²) in [7, 11) is 0. The Bertz CT molecular complexity index is 405. The number of aliphatic hydroxyl groups is 1. The van der Waals surface area contributed by atoms with E-state index < -0.39 is 35.9 Å². The fraction of sp³-hybridized carbons (Fsp3) is 0.667. The summed E-state index contributed by atoms with van der Waals surface area (Å²) >= 11 is 0. The van der Waals surface area contributed by atoms with E-state index in [0.717, 1.165) is 0 Å². The van der Waals surface area contributed by atoms with Gasteiger partial charge in [0.2, 0.25) is 0 Å². The van der Waals surface area contributed by atoms with Crippen molar-refractivity contribution in [3.8, 4) is 0 Å². The van der Waals surface area contributed by atoms with Crippen LogP contribution < -0.4 is 0 Å². The molecular weight excluding hydrogens is 240 g/mol. The van der Waals surface area contributed by atoms with Crippen LogP contribution in [0.25, 0.3) is 0 Å². The summed E-state index contributed by atoms with van der Waals surface area (Å²) < 4.78 is 15.3. The van der Waals surface area contributed by atoms with Crippen LogP contribution in [0.15, 0.2) is 11.6 Å². The Morgan fingerprint density at radius 2 is 2.17 bits per heavy atom. The molecule has 18 heavy (non-hydrogen) atoms. The van der Waals surface area contributed by atoms with Crippen molar-refractivity contribution in [3.05, 3.63) is 11.6 Å². The summed E-state index contributed by atoms with van der Waals surface area (Å²) in [5.74, 6) is -0.967. The van der Waals surface area contributed by atoms with Gasteiger partial charge in [-0.2, -0.15) is 0 Å². The van der Waals surface area contributed by atoms with E-state index in [-0.39, 0.29) is 6.61 Å². The predicted octanol–water partition coefficient (Wildman–Crippen LogP) is 0.145. The summed E-state index contributed by atoms with van der Waals surface area (Å²) in [6.45, 7) is 5.18. The van der Waals surface area contributed by atoms with Gasteiger partial charge in [-0.3, -0.25) is 4.79 Å². The van der Waals surface area contributed by atoms with Gasteiger partial charge in [0.1, 0.15) is 0 Å². The molecule has 1 saturated heterocycles. The highest BCUT2D eigenvalue weighted by atomic mass is 16.6. The lowest BCUT2D eigenvalue weighted by atomic mass is 9.96. The number of carbonyl (C=O) groups is 2. The molecule has 2 rings (SSSR count). The van der Waals surface area contributed by atoms with E-state index in [1.165, 1.54) is 6.08 Å². The quantitative estimate of drug-likeness (QED) is 0.672. The van der Waals surface area contributed by atoms with E-state index in [1.54, 1.807) is 20.8 Å². The van der Waals surface area contributed by atoms with Crippen molar-refractivity contribution in [1.82, 2.24) is 0 Å². The van der Waals surface area contributed by atoms with Crippen molar-refractivity contribution in [2.45, 2.75) is 39.3 Å². The van der Waals surface area contributed by atoms with Gasteiger partial charge in [0.25, 0.3) is 0 Å². The zero-order valence-corrected chi connectivity index (χ0v) is 10.5. The van der Waals surface area contributed by atoms with Gasteiger partial charge < -0.3 is 19.3 Å². The van der Waals surface area contributed by atoms with Crippen molar-refractivity contribution < 1.29 is 28.9 Å². The second-order valence-electron chi connectivity index (χ2n) is 5.38. The number of fused-ring (bicyclic) bond motifs is 1. The molecule has 0 bridgehead atoms. The summed E-state index contributed by atoms with van der Waals surface area (Å²) in [6.07, 6.45) is -1.46. The largest absolute Gasteiger partial charge is 0.455 e. The van der Waals surface area contributed by atoms with Gasteiger partial charge in [0.05, 0.1) is 12.0 Å². The van der Waals surface area contributed by atoms with E-state index in [0.29, 0.717) is 5.57 Å². The average Bonchev–Trinajstić information content (AvgIpc) is 2.63. The van der Waals surface area contributed by atoms with E-state index in [2.05, 4.69) is 0 Å². The Morgan fingerprint density at radius 3 is 2.78 bits per heavy atom. The first-order valence-electron chi connectivity index (χ1n) is 5.72. The van der Waals surface area contributed by atoms with Crippen LogP contribution in [0, 0.1) is 5.41 Å². The standard InChI is InChI=1S/C12H16O6/c1-12(2,3)11(15)17-7-5-16-10(14)6-4-8(13)18-9(6)7/h4,7,9-10,14H,5H2,1-3H3/t7-,9-,10?/m0/s1. The van der Waals surface area contributed by atoms with Gasteiger partial charge in [-0.1, -0.05) is 0 Å². The number of esters is 2. The summed E-state index contributed by atoms with van der Waals surface area (Å²) in [5.41, 5.74) is -0.347. The number of rotatable bonds is 1. The number of carbonyl (C=O) groups excluding carboxylic acids is 2. The lowest BCUT2D eigenvalue weighted by Crippen LogP contribution is -2.46. The minimum Gasteiger partial charge on any atom is -0.455 e. The lowest BCUT2D eigenvalue weighted by molar-refractivity contribution is -0.193. The van der Waals surface area contributed by atoms with E-state index in [4.69, 9.17) is 14.2 Å². The van der Waals surface area contributed by atoms with Crippen LogP contribution in [-0.2, 0) is 23.8 Å². The molecule has 100 valence electrons. The second kappa shape index (κ2) is 4.37. The third-order valence-electron chi connectivity index (χ3n) is 2.77. The molecule has 0 aromatic rings. The van der Waals surface area contributed by atoms with Crippen LogP contribution in [0.4, 0.5) is 0 Å². The van der Waals surface area contributed by atoms with Crippen molar-refractivity contribution in [2.24, 2.45) is 5.41 Å². The smallest absolute Gasteiger partial charge is 0.331 e. The maximum atomic E-state index is 11.8. The Kier molecular flexibility index (Phi) is 3.16. The van der Waals surface area contributed by atoms with Crippen LogP contribution in [0.3, 0.4) is 0 Å². The van der Waals surface area contributed by atoms with Gasteiger partial charge in [0.15, 0.2) is 18.5 Å². The summed E-state index contributed by atoms with van der Waals surface area (Å²) in [4.78, 5) is 23.0. The molecule has 1 N–H and O–H groups in total. The van der Waals surface area contributed by atoms with Gasteiger partial charge in [-0.05, 0) is 20.8 Å². The van der Waals surface area contributed by atoms with Crippen LogP contribution in [-0.4, -0.2) is 42.1 Å². The molecule has 6 heteroatoms. The number of hydrogen-bond donors (Lipinski definition) is 1. The molecule has 0 radical (unpaired) electrons. The Balaban J connectivity index is 2.10. The Labute approximate surface area is 105 Å².